The Bertz CT molecular complexity index is 1210. The van der Waals surface area contributed by atoms with Crippen LogP contribution in [-0.4, -0.2) is 47.5 Å². The molecule has 3 aromatic rings. The highest BCUT2D eigenvalue weighted by atomic mass is 32.1. The lowest BCUT2D eigenvalue weighted by molar-refractivity contribution is 0.188. The van der Waals surface area contributed by atoms with Crippen LogP contribution in [-0.2, 0) is 4.74 Å². The van der Waals surface area contributed by atoms with Crippen molar-refractivity contribution in [1.82, 2.24) is 20.4 Å². The fourth-order valence-corrected chi connectivity index (χ4v) is 4.20. The molecular weight excluding hydrogens is 462 g/mol. The second-order valence-electron chi connectivity index (χ2n) is 7.70. The molecule has 1 aliphatic rings. The molecule has 0 saturated heterocycles. The number of hydrogen-bond donors (Lipinski definition) is 1. The van der Waals surface area contributed by atoms with Crippen LogP contribution in [0, 0.1) is 11.6 Å². The molecule has 0 bridgehead atoms. The Balaban J connectivity index is 1.76. The number of aromatic nitrogens is 2. The minimum Gasteiger partial charge on any atom is -0.494 e. The van der Waals surface area contributed by atoms with Crippen molar-refractivity contribution in [2.45, 2.75) is 19.4 Å². The van der Waals surface area contributed by atoms with Gasteiger partial charge < -0.3 is 24.2 Å². The van der Waals surface area contributed by atoms with Gasteiger partial charge in [-0.05, 0) is 61.5 Å². The summed E-state index contributed by atoms with van der Waals surface area (Å²) in [5, 5.41) is 7.91. The molecule has 0 radical (unpaired) electrons. The van der Waals surface area contributed by atoms with Gasteiger partial charge in [0.15, 0.2) is 16.7 Å². The zero-order valence-corrected chi connectivity index (χ0v) is 19.8. The zero-order chi connectivity index (χ0) is 24.2. The third-order valence-corrected chi connectivity index (χ3v) is 5.93. The van der Waals surface area contributed by atoms with Crippen molar-refractivity contribution in [1.29, 1.82) is 0 Å². The summed E-state index contributed by atoms with van der Waals surface area (Å²) in [5.41, 5.74) is 2.75. The van der Waals surface area contributed by atoms with E-state index in [2.05, 4.69) is 15.5 Å². The average molecular weight is 487 g/mol. The summed E-state index contributed by atoms with van der Waals surface area (Å²) in [6, 6.07) is 10.1. The number of rotatable bonds is 8. The molecule has 1 unspecified atom stereocenters. The summed E-state index contributed by atoms with van der Waals surface area (Å²) >= 11 is 5.62. The first-order valence-corrected chi connectivity index (χ1v) is 11.0. The molecule has 178 valence electrons. The molecule has 0 amide bonds. The third-order valence-electron chi connectivity index (χ3n) is 5.60. The smallest absolute Gasteiger partial charge is 0.258 e. The van der Waals surface area contributed by atoms with Gasteiger partial charge in [-0.25, -0.2) is 8.78 Å². The summed E-state index contributed by atoms with van der Waals surface area (Å²) in [6.07, 6.45) is 0.754. The van der Waals surface area contributed by atoms with Crippen LogP contribution in [0.25, 0.3) is 17.0 Å². The number of methoxy groups -OCH3 is 2. The highest BCUT2D eigenvalue weighted by Crippen LogP contribution is 2.37. The lowest BCUT2D eigenvalue weighted by Gasteiger charge is -2.37. The van der Waals surface area contributed by atoms with Crippen molar-refractivity contribution >= 4 is 22.9 Å². The van der Waals surface area contributed by atoms with E-state index >= 15 is 0 Å². The molecule has 7 nitrogen and oxygen atoms in total. The van der Waals surface area contributed by atoms with Gasteiger partial charge in [-0.1, -0.05) is 17.3 Å². The fraction of sp³-hybridized carbons (Fsp3) is 0.292. The van der Waals surface area contributed by atoms with Crippen LogP contribution in [0.5, 0.6) is 5.75 Å². The second-order valence-corrected chi connectivity index (χ2v) is 8.09. The van der Waals surface area contributed by atoms with Crippen LogP contribution in [0.4, 0.5) is 8.78 Å². The van der Waals surface area contributed by atoms with Crippen LogP contribution in [0.2, 0.25) is 0 Å². The number of thiocarbonyl (C=S) groups is 1. The molecule has 0 spiro atoms. The van der Waals surface area contributed by atoms with Crippen molar-refractivity contribution in [3.05, 3.63) is 71.3 Å². The van der Waals surface area contributed by atoms with Gasteiger partial charge in [-0.2, -0.15) is 4.98 Å². The standard InChI is InChI=1S/C24H24F2N4O3S/c1-14-20(23-28-22(29-33-23)16-7-10-19(32-3)18(26)13-16)21(15-5-8-17(25)9-6-15)27-24(34)30(14)11-4-12-31-2/h5-10,13,21H,4,11-12H2,1-3H3,(H,27,34). The number of hydrogen-bond acceptors (Lipinski definition) is 6. The summed E-state index contributed by atoms with van der Waals surface area (Å²) in [7, 11) is 3.04. The third kappa shape index (κ3) is 4.78. The Morgan fingerprint density at radius 1 is 1.15 bits per heavy atom. The minimum atomic E-state index is -0.528. The predicted octanol–water partition coefficient (Wildman–Crippen LogP) is 4.72. The van der Waals surface area contributed by atoms with Crippen molar-refractivity contribution in [3.63, 3.8) is 0 Å². The molecule has 0 saturated carbocycles. The van der Waals surface area contributed by atoms with Gasteiger partial charge in [0.2, 0.25) is 5.82 Å². The van der Waals surface area contributed by atoms with Gasteiger partial charge in [0.05, 0.1) is 18.7 Å². The normalized spacial score (nSPS) is 16.1. The first kappa shape index (κ1) is 23.8. The van der Waals surface area contributed by atoms with Crippen molar-refractivity contribution in [3.8, 4) is 17.1 Å². The maximum absolute atomic E-state index is 14.2. The number of benzene rings is 2. The van der Waals surface area contributed by atoms with Crippen LogP contribution in [0.15, 0.2) is 52.7 Å². The van der Waals surface area contributed by atoms with E-state index in [1.807, 2.05) is 11.8 Å². The molecule has 2 aromatic carbocycles. The lowest BCUT2D eigenvalue weighted by Crippen LogP contribution is -2.46. The number of ether oxygens (including phenoxy) is 2. The molecular formula is C24H24F2N4O3S. The molecule has 2 heterocycles. The maximum Gasteiger partial charge on any atom is 0.258 e. The van der Waals surface area contributed by atoms with Gasteiger partial charge in [0.25, 0.3) is 5.89 Å². The maximum atomic E-state index is 14.2. The molecule has 34 heavy (non-hydrogen) atoms. The highest BCUT2D eigenvalue weighted by molar-refractivity contribution is 7.80. The summed E-state index contributed by atoms with van der Waals surface area (Å²) in [5.74, 6) is -0.259. The molecule has 0 fully saturated rings. The number of halogens is 2. The fourth-order valence-electron chi connectivity index (χ4n) is 3.86. The molecule has 1 aromatic heterocycles. The van der Waals surface area contributed by atoms with E-state index < -0.39 is 11.9 Å². The summed E-state index contributed by atoms with van der Waals surface area (Å²) in [4.78, 5) is 6.49. The van der Waals surface area contributed by atoms with E-state index in [1.54, 1.807) is 25.3 Å². The van der Waals surface area contributed by atoms with Crippen molar-refractivity contribution < 1.29 is 22.8 Å². The molecule has 1 aliphatic heterocycles. The van der Waals surface area contributed by atoms with E-state index in [0.29, 0.717) is 29.4 Å². The topological polar surface area (TPSA) is 72.7 Å². The van der Waals surface area contributed by atoms with E-state index in [1.165, 1.54) is 31.4 Å². The number of nitrogens with one attached hydrogen (secondary N) is 1. The van der Waals surface area contributed by atoms with Crippen LogP contribution < -0.4 is 10.1 Å². The largest absolute Gasteiger partial charge is 0.494 e. The predicted molar refractivity (Wildman–Crippen MR) is 127 cm³/mol. The molecule has 4 rings (SSSR count). The highest BCUT2D eigenvalue weighted by Gasteiger charge is 2.34. The molecule has 10 heteroatoms. The quantitative estimate of drug-likeness (QED) is 0.362. The Morgan fingerprint density at radius 3 is 2.59 bits per heavy atom. The second kappa shape index (κ2) is 10.3. The van der Waals surface area contributed by atoms with E-state index in [9.17, 15) is 8.78 Å². The van der Waals surface area contributed by atoms with Gasteiger partial charge in [0, 0.05) is 31.5 Å². The molecule has 1 atom stereocenters. The Kier molecular flexibility index (Phi) is 7.18. The van der Waals surface area contributed by atoms with E-state index in [4.69, 9.17) is 26.2 Å². The number of allylic oxidation sites excluding steroid dienone is 1. The minimum absolute atomic E-state index is 0.124. The van der Waals surface area contributed by atoms with Gasteiger partial charge in [-0.15, -0.1) is 0 Å². The Hall–Kier alpha value is -3.37. The van der Waals surface area contributed by atoms with Crippen LogP contribution in [0.1, 0.15) is 30.8 Å². The summed E-state index contributed by atoms with van der Waals surface area (Å²) < 4.78 is 43.6. The molecule has 0 aliphatic carbocycles. The van der Waals surface area contributed by atoms with Crippen molar-refractivity contribution in [2.75, 3.05) is 27.4 Å². The van der Waals surface area contributed by atoms with Crippen LogP contribution in [0.3, 0.4) is 0 Å². The van der Waals surface area contributed by atoms with Gasteiger partial charge >= 0.3 is 0 Å². The Labute approximate surface area is 201 Å². The number of nitrogens with zero attached hydrogens (tertiary/aromatic N) is 3. The Morgan fingerprint density at radius 2 is 1.91 bits per heavy atom. The average Bonchev–Trinajstić information content (AvgIpc) is 3.31. The first-order chi connectivity index (χ1) is 16.4. The lowest BCUT2D eigenvalue weighted by atomic mass is 9.94. The SMILES string of the molecule is COCCCN1C(=S)NC(c2ccc(F)cc2)C(c2nc(-c3ccc(OC)c(F)c3)no2)=C1C. The van der Waals surface area contributed by atoms with Crippen LogP contribution >= 0.6 is 12.2 Å². The van der Waals surface area contributed by atoms with Gasteiger partial charge in [-0.3, -0.25) is 0 Å². The van der Waals surface area contributed by atoms with Gasteiger partial charge in [0.1, 0.15) is 5.82 Å². The molecule has 1 N–H and O–H groups in total. The van der Waals surface area contributed by atoms with Crippen molar-refractivity contribution in [2.24, 2.45) is 0 Å². The first-order valence-electron chi connectivity index (χ1n) is 10.6. The van der Waals surface area contributed by atoms with E-state index in [-0.39, 0.29) is 23.3 Å². The summed E-state index contributed by atoms with van der Waals surface area (Å²) in [6.45, 7) is 3.12. The zero-order valence-electron chi connectivity index (χ0n) is 19.0. The monoisotopic (exact) mass is 486 g/mol. The van der Waals surface area contributed by atoms with E-state index in [0.717, 1.165) is 17.7 Å².